The monoisotopic (exact) mass is 455 g/mol. The molecule has 0 saturated carbocycles. The zero-order valence-electron chi connectivity index (χ0n) is 16.5. The molecule has 2 heterocycles. The first-order chi connectivity index (χ1) is 14.5. The minimum Gasteiger partial charge on any atom is -0.480 e. The van der Waals surface area contributed by atoms with Crippen LogP contribution in [0.5, 0.6) is 0 Å². The number of Topliss-reactive ketones (excluding diaryl/α,β-unsaturated/α-hetero) is 1. The molecule has 2 saturated heterocycles. The van der Waals surface area contributed by atoms with Crippen LogP contribution in [-0.2, 0) is 19.1 Å². The first kappa shape index (κ1) is 26.0. The number of carbonyl (C=O) groups is 2. The van der Waals surface area contributed by atoms with Gasteiger partial charge in [0.05, 0.1) is 19.8 Å². The molecule has 31 heavy (non-hydrogen) atoms. The largest absolute Gasteiger partial charge is 0.480 e. The molecule has 14 nitrogen and oxygen atoms in total. The third-order valence-electron chi connectivity index (χ3n) is 5.45. The van der Waals surface area contributed by atoms with Gasteiger partial charge in [0, 0.05) is 0 Å². The first-order valence-corrected chi connectivity index (χ1v) is 9.66. The molecule has 2 aliphatic rings. The summed E-state index contributed by atoms with van der Waals surface area (Å²) in [6.07, 6.45) is -13.4. The summed E-state index contributed by atoms with van der Waals surface area (Å²) in [5.41, 5.74) is 0. The van der Waals surface area contributed by atoms with Crippen LogP contribution in [0.4, 0.5) is 0 Å². The molecule has 0 aromatic carbocycles. The quantitative estimate of drug-likeness (QED) is 0.140. The van der Waals surface area contributed by atoms with Gasteiger partial charge in [-0.15, -0.1) is 0 Å². The summed E-state index contributed by atoms with van der Waals surface area (Å²) in [7, 11) is 0. The van der Waals surface area contributed by atoms with Gasteiger partial charge < -0.3 is 55.4 Å². The van der Waals surface area contributed by atoms with Gasteiger partial charge in [-0.25, -0.2) is 0 Å². The fraction of sp³-hybridized carbons (Fsp3) is 0.882. The number of hydrogen-bond acceptors (Lipinski definition) is 13. The number of ether oxygens (including phenoxy) is 2. The maximum absolute atomic E-state index is 12.5. The molecule has 0 bridgehead atoms. The maximum Gasteiger partial charge on any atom is 0.320 e. The van der Waals surface area contributed by atoms with E-state index in [1.807, 2.05) is 0 Å². The Bertz CT molecular complexity index is 633. The van der Waals surface area contributed by atoms with Crippen LogP contribution in [0, 0.1) is 0 Å². The van der Waals surface area contributed by atoms with E-state index in [9.17, 15) is 55.5 Å². The van der Waals surface area contributed by atoms with Crippen LogP contribution in [0.1, 0.15) is 12.8 Å². The summed E-state index contributed by atoms with van der Waals surface area (Å²) in [4.78, 5) is 25.1. The van der Waals surface area contributed by atoms with Crippen molar-refractivity contribution in [2.45, 2.75) is 67.6 Å². The van der Waals surface area contributed by atoms with E-state index in [1.165, 1.54) is 4.90 Å². The van der Waals surface area contributed by atoms with E-state index in [-0.39, 0.29) is 6.54 Å². The van der Waals surface area contributed by atoms with E-state index in [2.05, 4.69) is 0 Å². The molecule has 9 N–H and O–H groups in total. The molecule has 14 heteroatoms. The minimum absolute atomic E-state index is 0.261. The van der Waals surface area contributed by atoms with Crippen molar-refractivity contribution in [3.05, 3.63) is 0 Å². The van der Waals surface area contributed by atoms with Crippen molar-refractivity contribution < 1.29 is 65.0 Å². The summed E-state index contributed by atoms with van der Waals surface area (Å²) in [6.45, 7) is -2.26. The van der Waals surface area contributed by atoms with Gasteiger partial charge in [0.15, 0.2) is 11.9 Å². The number of carboxylic acids is 1. The number of aliphatic hydroxyl groups is 8. The van der Waals surface area contributed by atoms with Crippen LogP contribution >= 0.6 is 0 Å². The van der Waals surface area contributed by atoms with Crippen LogP contribution < -0.4 is 0 Å². The Balaban J connectivity index is 2.18. The first-order valence-electron chi connectivity index (χ1n) is 9.66. The van der Waals surface area contributed by atoms with Crippen molar-refractivity contribution in [2.24, 2.45) is 0 Å². The topological polar surface area (TPSA) is 238 Å². The standard InChI is InChI=1S/C17H29NO13/c19-5-9(22)14(11(23)8(21)4-18-3-1-2-7(18)16(27)28)31-17(29)15(26)13(25)12(24)10(6-20)30-17/h7,9-15,19-20,22-26,29H,1-6H2,(H,27,28)/t7-,9+,10+,11+,12-,13-,14+,15+,17-/m0/s1. The fourth-order valence-corrected chi connectivity index (χ4v) is 3.65. The number of nitrogens with zero attached hydrogens (tertiary/aromatic N) is 1. The molecule has 0 spiro atoms. The third kappa shape index (κ3) is 5.55. The van der Waals surface area contributed by atoms with Gasteiger partial charge in [-0.3, -0.25) is 14.5 Å². The van der Waals surface area contributed by atoms with Gasteiger partial charge >= 0.3 is 11.9 Å². The van der Waals surface area contributed by atoms with Crippen LogP contribution in [0.2, 0.25) is 0 Å². The average molecular weight is 455 g/mol. The SMILES string of the molecule is O=C(CN1CCC[C@H]1C(=O)O)[C@@H](O)[C@H](O[C@@]1(O)O[C@H](CO)[C@H](O)[C@H](O)[C@H]1O)[C@H](O)CO. The van der Waals surface area contributed by atoms with Crippen LogP contribution in [-0.4, -0.2) is 144 Å². The lowest BCUT2D eigenvalue weighted by molar-refractivity contribution is -0.464. The van der Waals surface area contributed by atoms with Gasteiger partial charge in [0.1, 0.15) is 42.7 Å². The summed E-state index contributed by atoms with van der Waals surface area (Å²) in [5.74, 6) is -5.36. The van der Waals surface area contributed by atoms with Crippen LogP contribution in [0.25, 0.3) is 0 Å². The maximum atomic E-state index is 12.5. The molecular formula is C17H29NO13. The number of carboxylic acid groups (broad SMARTS) is 1. The van der Waals surface area contributed by atoms with Crippen molar-refractivity contribution in [1.29, 1.82) is 0 Å². The molecule has 2 aliphatic heterocycles. The summed E-state index contributed by atoms with van der Waals surface area (Å²) >= 11 is 0. The molecule has 2 fully saturated rings. The summed E-state index contributed by atoms with van der Waals surface area (Å²) in [6, 6.07) is -0.951. The number of aliphatic hydroxyl groups excluding tert-OH is 7. The van der Waals surface area contributed by atoms with Crippen molar-refractivity contribution >= 4 is 11.8 Å². The lowest BCUT2D eigenvalue weighted by Gasteiger charge is -2.46. The number of likely N-dealkylation sites (tertiary alicyclic amines) is 1. The minimum atomic E-state index is -3.19. The van der Waals surface area contributed by atoms with Crippen molar-refractivity contribution in [2.75, 3.05) is 26.3 Å². The van der Waals surface area contributed by atoms with Gasteiger partial charge in [-0.2, -0.15) is 0 Å². The van der Waals surface area contributed by atoms with Crippen LogP contribution in [0.3, 0.4) is 0 Å². The molecular weight excluding hydrogens is 426 g/mol. The van der Waals surface area contributed by atoms with Crippen molar-refractivity contribution in [1.82, 2.24) is 4.90 Å². The highest BCUT2D eigenvalue weighted by atomic mass is 16.8. The van der Waals surface area contributed by atoms with Gasteiger partial charge in [-0.05, 0) is 19.4 Å². The highest BCUT2D eigenvalue weighted by Crippen LogP contribution is 2.31. The van der Waals surface area contributed by atoms with Crippen LogP contribution in [0.15, 0.2) is 0 Å². The van der Waals surface area contributed by atoms with Gasteiger partial charge in [0.25, 0.3) is 0 Å². The molecule has 180 valence electrons. The number of carbonyl (C=O) groups excluding carboxylic acids is 1. The Morgan fingerprint density at radius 3 is 2.35 bits per heavy atom. The molecule has 0 aromatic heterocycles. The molecule has 9 atom stereocenters. The Morgan fingerprint density at radius 2 is 1.81 bits per heavy atom. The number of rotatable bonds is 10. The Labute approximate surface area is 176 Å². The molecule has 0 aromatic rings. The predicted octanol–water partition coefficient (Wildman–Crippen LogP) is -5.68. The fourth-order valence-electron chi connectivity index (χ4n) is 3.65. The predicted molar refractivity (Wildman–Crippen MR) is 96.1 cm³/mol. The van der Waals surface area contributed by atoms with Crippen molar-refractivity contribution in [3.63, 3.8) is 0 Å². The average Bonchev–Trinajstić information content (AvgIpc) is 3.20. The second-order valence-corrected chi connectivity index (χ2v) is 7.61. The van der Waals surface area contributed by atoms with E-state index in [0.717, 1.165) is 0 Å². The van der Waals surface area contributed by atoms with E-state index in [0.29, 0.717) is 12.8 Å². The second kappa shape index (κ2) is 10.5. The molecule has 2 rings (SSSR count). The van der Waals surface area contributed by atoms with Gasteiger partial charge in [-0.1, -0.05) is 0 Å². The number of hydrogen-bond donors (Lipinski definition) is 9. The molecule has 0 unspecified atom stereocenters. The zero-order chi connectivity index (χ0) is 23.5. The molecule has 0 amide bonds. The van der Waals surface area contributed by atoms with E-state index in [1.54, 1.807) is 0 Å². The highest BCUT2D eigenvalue weighted by molar-refractivity contribution is 5.86. The van der Waals surface area contributed by atoms with Gasteiger partial charge in [0.2, 0.25) is 0 Å². The highest BCUT2D eigenvalue weighted by Gasteiger charge is 2.56. The Morgan fingerprint density at radius 1 is 1.16 bits per heavy atom. The van der Waals surface area contributed by atoms with E-state index < -0.39 is 86.3 Å². The van der Waals surface area contributed by atoms with E-state index >= 15 is 0 Å². The number of ketones is 1. The smallest absolute Gasteiger partial charge is 0.320 e. The lowest BCUT2D eigenvalue weighted by Crippen LogP contribution is -2.68. The third-order valence-corrected chi connectivity index (χ3v) is 5.45. The normalized spacial score (nSPS) is 37.4. The zero-order valence-corrected chi connectivity index (χ0v) is 16.5. The Kier molecular flexibility index (Phi) is 8.83. The Hall–Kier alpha value is -1.30. The van der Waals surface area contributed by atoms with E-state index in [4.69, 9.17) is 9.47 Å². The summed E-state index contributed by atoms with van der Waals surface area (Å²) < 4.78 is 9.88. The molecule has 0 radical (unpaired) electrons. The number of aliphatic carboxylic acids is 1. The summed E-state index contributed by atoms with van der Waals surface area (Å²) in [5, 5.41) is 88.2. The molecule has 0 aliphatic carbocycles. The second-order valence-electron chi connectivity index (χ2n) is 7.61. The lowest BCUT2D eigenvalue weighted by atomic mass is 9.97. The van der Waals surface area contributed by atoms with Crippen molar-refractivity contribution in [3.8, 4) is 0 Å².